The third-order valence-electron chi connectivity index (χ3n) is 5.68. The second-order valence-electron chi connectivity index (χ2n) is 7.82. The number of piperidine rings is 1. The topological polar surface area (TPSA) is 30.5 Å². The van der Waals surface area contributed by atoms with Gasteiger partial charge in [0.05, 0.1) is 23.3 Å². The van der Waals surface area contributed by atoms with Crippen LogP contribution in [-0.2, 0) is 28.3 Å². The van der Waals surface area contributed by atoms with E-state index in [9.17, 15) is 0 Å². The Morgan fingerprint density at radius 1 is 0.812 bits per heavy atom. The Balaban J connectivity index is 1.61. The van der Waals surface area contributed by atoms with E-state index in [1.54, 1.807) is 6.07 Å². The number of hydrogen-bond donors (Lipinski definition) is 1. The van der Waals surface area contributed by atoms with Crippen molar-refractivity contribution in [1.29, 1.82) is 0 Å². The summed E-state index contributed by atoms with van der Waals surface area (Å²) in [6, 6.07) is 21.0. The Kier molecular flexibility index (Phi) is 8.01. The van der Waals surface area contributed by atoms with Gasteiger partial charge < -0.3 is 14.8 Å². The first-order valence-corrected chi connectivity index (χ1v) is 11.9. The summed E-state index contributed by atoms with van der Waals surface area (Å²) >= 11 is 24.6. The predicted molar refractivity (Wildman–Crippen MR) is 132 cm³/mol. The van der Waals surface area contributed by atoms with Crippen LogP contribution in [0.15, 0.2) is 66.7 Å². The molecule has 3 nitrogen and oxygen atoms in total. The van der Waals surface area contributed by atoms with Gasteiger partial charge in [-0.05, 0) is 66.1 Å². The van der Waals surface area contributed by atoms with Gasteiger partial charge >= 0.3 is 0 Å². The van der Waals surface area contributed by atoms with Gasteiger partial charge in [-0.3, -0.25) is 0 Å². The van der Waals surface area contributed by atoms with Crippen molar-refractivity contribution in [2.24, 2.45) is 0 Å². The van der Waals surface area contributed by atoms with Crippen LogP contribution in [0.5, 0.6) is 0 Å². The lowest BCUT2D eigenvalue weighted by atomic mass is 9.82. The van der Waals surface area contributed by atoms with Gasteiger partial charge in [0.2, 0.25) is 0 Å². The lowest BCUT2D eigenvalue weighted by Crippen LogP contribution is -2.54. The molecule has 1 N–H and O–H groups in total. The van der Waals surface area contributed by atoms with Crippen LogP contribution in [0.3, 0.4) is 0 Å². The second-order valence-corrected chi connectivity index (χ2v) is 9.50. The van der Waals surface area contributed by atoms with Crippen LogP contribution in [-0.4, -0.2) is 19.2 Å². The molecule has 3 aromatic carbocycles. The van der Waals surface area contributed by atoms with Crippen molar-refractivity contribution < 1.29 is 9.47 Å². The first-order valence-electron chi connectivity index (χ1n) is 10.4. The summed E-state index contributed by atoms with van der Waals surface area (Å²) in [6.07, 6.45) is 0.521. The van der Waals surface area contributed by atoms with Crippen LogP contribution < -0.4 is 5.32 Å². The number of rotatable bonds is 7. The summed E-state index contributed by atoms with van der Waals surface area (Å²) in [4.78, 5) is 0. The van der Waals surface area contributed by atoms with Gasteiger partial charge in [0, 0.05) is 16.6 Å². The van der Waals surface area contributed by atoms with Gasteiger partial charge in [-0.2, -0.15) is 0 Å². The molecular weight excluding hydrogens is 488 g/mol. The number of ether oxygens (including phenoxy) is 2. The normalized spacial score (nSPS) is 20.9. The molecule has 1 fully saturated rings. The fourth-order valence-electron chi connectivity index (χ4n) is 4.00. The van der Waals surface area contributed by atoms with Crippen molar-refractivity contribution in [3.63, 3.8) is 0 Å². The number of nitrogens with one attached hydrogen (secondary N) is 1. The molecule has 0 bridgehead atoms. The average Bonchev–Trinajstić information content (AvgIpc) is 2.79. The molecule has 1 aliphatic rings. The average molecular weight is 511 g/mol. The SMILES string of the molecule is Clc1ccc([C@@]2(OCc3cccc(Cl)c3)CCNC[C@@H]2OCc2ccc(Cl)c(Cl)c2)cc1. The molecule has 168 valence electrons. The van der Waals surface area contributed by atoms with E-state index in [0.29, 0.717) is 39.8 Å². The highest BCUT2D eigenvalue weighted by molar-refractivity contribution is 6.42. The molecule has 7 heteroatoms. The van der Waals surface area contributed by atoms with E-state index in [4.69, 9.17) is 55.9 Å². The summed E-state index contributed by atoms with van der Waals surface area (Å²) in [5, 5.41) is 5.83. The fraction of sp³-hybridized carbons (Fsp3) is 0.280. The molecule has 0 spiro atoms. The molecule has 0 aliphatic carbocycles. The zero-order valence-corrected chi connectivity index (χ0v) is 20.3. The third-order valence-corrected chi connectivity index (χ3v) is 6.90. The largest absolute Gasteiger partial charge is 0.369 e. The quantitative estimate of drug-likeness (QED) is 0.362. The molecule has 3 aromatic rings. The molecule has 1 aliphatic heterocycles. The highest BCUT2D eigenvalue weighted by Crippen LogP contribution is 2.39. The number of halogens is 4. The van der Waals surface area contributed by atoms with Crippen LogP contribution in [0.25, 0.3) is 0 Å². The van der Waals surface area contributed by atoms with Crippen molar-refractivity contribution in [3.8, 4) is 0 Å². The minimum atomic E-state index is -0.644. The van der Waals surface area contributed by atoms with E-state index < -0.39 is 5.60 Å². The summed E-state index contributed by atoms with van der Waals surface area (Å²) < 4.78 is 13.1. The van der Waals surface area contributed by atoms with Crippen LogP contribution in [0.1, 0.15) is 23.1 Å². The third kappa shape index (κ3) is 5.60. The molecule has 2 atom stereocenters. The van der Waals surface area contributed by atoms with Crippen molar-refractivity contribution in [1.82, 2.24) is 5.32 Å². The highest BCUT2D eigenvalue weighted by atomic mass is 35.5. The van der Waals surface area contributed by atoms with Crippen LogP contribution in [0, 0.1) is 0 Å². The summed E-state index contributed by atoms with van der Waals surface area (Å²) in [5.74, 6) is 0. The lowest BCUT2D eigenvalue weighted by Gasteiger charge is -2.44. The molecule has 0 aromatic heterocycles. The van der Waals surface area contributed by atoms with E-state index in [2.05, 4.69) is 5.32 Å². The zero-order chi connectivity index (χ0) is 22.6. The lowest BCUT2D eigenvalue weighted by molar-refractivity contribution is -0.176. The maximum Gasteiger partial charge on any atom is 0.122 e. The van der Waals surface area contributed by atoms with Crippen molar-refractivity contribution in [3.05, 3.63) is 104 Å². The van der Waals surface area contributed by atoms with Crippen molar-refractivity contribution in [2.75, 3.05) is 13.1 Å². The standard InChI is InChI=1S/C25H23Cl4NO2/c26-20-7-5-19(6-8-20)25(32-16-17-2-1-3-21(27)12-17)10-11-30-14-24(25)31-15-18-4-9-22(28)23(29)13-18/h1-9,12-13,24,30H,10-11,14-16H2/t24-,25-/m0/s1. The van der Waals surface area contributed by atoms with E-state index in [1.165, 1.54) is 0 Å². The molecule has 0 saturated carbocycles. The molecule has 32 heavy (non-hydrogen) atoms. The van der Waals surface area contributed by atoms with Crippen LogP contribution >= 0.6 is 46.4 Å². The van der Waals surface area contributed by atoms with E-state index in [0.717, 1.165) is 29.7 Å². The summed E-state index contributed by atoms with van der Waals surface area (Å²) in [6.45, 7) is 2.26. The van der Waals surface area contributed by atoms with Gasteiger partial charge in [0.15, 0.2) is 0 Å². The Morgan fingerprint density at radius 3 is 2.34 bits per heavy atom. The summed E-state index contributed by atoms with van der Waals surface area (Å²) in [5.41, 5.74) is 2.34. The van der Waals surface area contributed by atoms with Crippen molar-refractivity contribution in [2.45, 2.75) is 31.3 Å². The number of benzene rings is 3. The fourth-order valence-corrected chi connectivity index (χ4v) is 4.66. The van der Waals surface area contributed by atoms with Crippen molar-refractivity contribution >= 4 is 46.4 Å². The molecule has 1 heterocycles. The monoisotopic (exact) mass is 509 g/mol. The number of hydrogen-bond acceptors (Lipinski definition) is 3. The maximum absolute atomic E-state index is 6.67. The van der Waals surface area contributed by atoms with Gasteiger partial charge in [-0.1, -0.05) is 76.7 Å². The molecular formula is C25H23Cl4NO2. The molecule has 0 unspecified atom stereocenters. The second kappa shape index (κ2) is 10.8. The smallest absolute Gasteiger partial charge is 0.122 e. The summed E-state index contributed by atoms with van der Waals surface area (Å²) in [7, 11) is 0. The minimum absolute atomic E-state index is 0.230. The van der Waals surface area contributed by atoms with E-state index >= 15 is 0 Å². The molecule has 0 radical (unpaired) electrons. The Bertz CT molecular complexity index is 1060. The first-order chi connectivity index (χ1) is 15.5. The Morgan fingerprint density at radius 2 is 1.59 bits per heavy atom. The minimum Gasteiger partial charge on any atom is -0.369 e. The highest BCUT2D eigenvalue weighted by Gasteiger charge is 2.44. The van der Waals surface area contributed by atoms with Gasteiger partial charge in [-0.15, -0.1) is 0 Å². The maximum atomic E-state index is 6.67. The van der Waals surface area contributed by atoms with Crippen LogP contribution in [0.2, 0.25) is 20.1 Å². The van der Waals surface area contributed by atoms with E-state index in [-0.39, 0.29) is 6.10 Å². The molecule has 1 saturated heterocycles. The van der Waals surface area contributed by atoms with Gasteiger partial charge in [0.25, 0.3) is 0 Å². The van der Waals surface area contributed by atoms with E-state index in [1.807, 2.05) is 60.7 Å². The van der Waals surface area contributed by atoms with Gasteiger partial charge in [0.1, 0.15) is 11.7 Å². The van der Waals surface area contributed by atoms with Crippen LogP contribution in [0.4, 0.5) is 0 Å². The first kappa shape index (κ1) is 23.8. The zero-order valence-electron chi connectivity index (χ0n) is 17.3. The molecule has 0 amide bonds. The Hall–Kier alpha value is -1.30. The van der Waals surface area contributed by atoms with Gasteiger partial charge in [-0.25, -0.2) is 0 Å². The Labute approximate surface area is 208 Å². The molecule has 4 rings (SSSR count). The predicted octanol–water partition coefficient (Wildman–Crippen LogP) is 7.29.